The molecular weight excluding hydrogens is 178 g/mol. The van der Waals surface area contributed by atoms with Gasteiger partial charge >= 0.3 is 0 Å². The van der Waals surface area contributed by atoms with E-state index in [1.165, 1.54) is 10.8 Å². The highest BCUT2D eigenvalue weighted by Gasteiger charge is 2.09. The van der Waals surface area contributed by atoms with E-state index in [-0.39, 0.29) is 11.0 Å². The van der Waals surface area contributed by atoms with Crippen LogP contribution in [0.3, 0.4) is 0 Å². The Hall–Kier alpha value is -0.350. The average Bonchev–Trinajstić information content (AvgIpc) is 2.04. The summed E-state index contributed by atoms with van der Waals surface area (Å²) in [5.41, 5.74) is 0.688. The van der Waals surface area contributed by atoms with Crippen LogP contribution in [0.15, 0.2) is 18.3 Å². The van der Waals surface area contributed by atoms with Gasteiger partial charge in [0, 0.05) is 6.20 Å². The first-order valence-corrected chi connectivity index (χ1v) is 5.13. The molecule has 60 valence electrons. The highest BCUT2D eigenvalue weighted by Crippen LogP contribution is 2.33. The van der Waals surface area contributed by atoms with Crippen LogP contribution < -0.4 is 0 Å². The van der Waals surface area contributed by atoms with E-state index in [1.807, 2.05) is 6.92 Å². The normalized spacial score (nSPS) is 12.9. The van der Waals surface area contributed by atoms with E-state index in [2.05, 4.69) is 16.6 Å². The fourth-order valence-corrected chi connectivity index (χ4v) is 1.35. The van der Waals surface area contributed by atoms with E-state index >= 15 is 0 Å². The Morgan fingerprint density at radius 1 is 1.73 bits per heavy atom. The summed E-state index contributed by atoms with van der Waals surface area (Å²) in [5.74, 6) is 0.238. The third-order valence-electron chi connectivity index (χ3n) is 1.36. The van der Waals surface area contributed by atoms with Crippen molar-refractivity contribution in [2.24, 2.45) is 0 Å². The quantitative estimate of drug-likeness (QED) is 0.551. The number of pyridine rings is 1. The van der Waals surface area contributed by atoms with E-state index < -0.39 is 0 Å². The lowest BCUT2D eigenvalue weighted by molar-refractivity contribution is 0.464. The van der Waals surface area contributed by atoms with Crippen molar-refractivity contribution in [2.45, 2.75) is 12.2 Å². The minimum atomic E-state index is 0.125. The van der Waals surface area contributed by atoms with Crippen LogP contribution in [0.5, 0.6) is 5.75 Å². The number of aromatic hydroxyl groups is 1. The zero-order chi connectivity index (χ0) is 8.27. The van der Waals surface area contributed by atoms with Gasteiger partial charge in [0.25, 0.3) is 0 Å². The molecule has 0 aliphatic heterocycles. The van der Waals surface area contributed by atoms with Crippen molar-refractivity contribution in [1.82, 2.24) is 4.98 Å². The summed E-state index contributed by atoms with van der Waals surface area (Å²) < 4.78 is 0. The van der Waals surface area contributed by atoms with Crippen molar-refractivity contribution in [3.05, 3.63) is 24.0 Å². The van der Waals surface area contributed by atoms with Crippen LogP contribution in [0, 0.1) is 0 Å². The topological polar surface area (TPSA) is 33.1 Å². The van der Waals surface area contributed by atoms with E-state index in [9.17, 15) is 5.11 Å². The van der Waals surface area contributed by atoms with E-state index in [1.54, 1.807) is 18.3 Å². The Bertz CT molecular complexity index is 242. The average molecular weight is 187 g/mol. The molecule has 1 heterocycles. The first-order chi connectivity index (χ1) is 5.25. The Labute approximate surface area is 74.9 Å². The summed E-state index contributed by atoms with van der Waals surface area (Å²) in [6.07, 6.45) is 1.66. The third kappa shape index (κ3) is 2.04. The van der Waals surface area contributed by atoms with E-state index in [4.69, 9.17) is 0 Å². The zero-order valence-electron chi connectivity index (χ0n) is 6.06. The molecule has 1 atom stereocenters. The number of aromatic nitrogens is 1. The van der Waals surface area contributed by atoms with E-state index in [0.29, 0.717) is 5.69 Å². The maximum absolute atomic E-state index is 9.30. The van der Waals surface area contributed by atoms with Crippen molar-refractivity contribution in [3.63, 3.8) is 0 Å². The summed E-state index contributed by atoms with van der Waals surface area (Å²) in [6, 6.07) is 3.33. The van der Waals surface area contributed by atoms with Crippen molar-refractivity contribution in [3.8, 4) is 5.75 Å². The molecule has 0 amide bonds. The van der Waals surface area contributed by atoms with Crippen LogP contribution in [0.1, 0.15) is 17.9 Å². The lowest BCUT2D eigenvalue weighted by atomic mass is 10.3. The molecule has 1 unspecified atom stereocenters. The first-order valence-electron chi connectivity index (χ1n) is 3.20. The zero-order valence-corrected chi connectivity index (χ0v) is 7.77. The smallest absolute Gasteiger partial charge is 0.138 e. The third-order valence-corrected chi connectivity index (χ3v) is 2.85. The lowest BCUT2D eigenvalue weighted by Crippen LogP contribution is -1.90. The highest BCUT2D eigenvalue weighted by atomic mass is 33.1. The van der Waals surface area contributed by atoms with Gasteiger partial charge in [-0.05, 0) is 19.1 Å². The molecule has 0 bridgehead atoms. The first kappa shape index (κ1) is 8.74. The van der Waals surface area contributed by atoms with Crippen LogP contribution in [-0.4, -0.2) is 10.1 Å². The summed E-state index contributed by atoms with van der Waals surface area (Å²) in [7, 11) is 1.36. The minimum absolute atomic E-state index is 0.125. The maximum atomic E-state index is 9.30. The predicted octanol–water partition coefficient (Wildman–Crippen LogP) is 2.43. The SMILES string of the molecule is CC(SS)c1ncccc1O. The monoisotopic (exact) mass is 187 g/mol. The molecule has 1 aromatic heterocycles. The summed E-state index contributed by atoms with van der Waals surface area (Å²) in [5, 5.41) is 9.43. The van der Waals surface area contributed by atoms with Crippen molar-refractivity contribution in [1.29, 1.82) is 0 Å². The van der Waals surface area contributed by atoms with Crippen LogP contribution in [0.25, 0.3) is 0 Å². The molecule has 0 aliphatic rings. The van der Waals surface area contributed by atoms with Gasteiger partial charge in [0.2, 0.25) is 0 Å². The van der Waals surface area contributed by atoms with Gasteiger partial charge in [-0.2, -0.15) is 0 Å². The number of hydrogen-bond donors (Lipinski definition) is 2. The summed E-state index contributed by atoms with van der Waals surface area (Å²) >= 11 is 4.04. The predicted molar refractivity (Wildman–Crippen MR) is 50.9 cm³/mol. The van der Waals surface area contributed by atoms with Crippen LogP contribution in [-0.2, 0) is 0 Å². The van der Waals surface area contributed by atoms with Gasteiger partial charge in [0.05, 0.1) is 10.9 Å². The van der Waals surface area contributed by atoms with Crippen LogP contribution in [0.2, 0.25) is 0 Å². The fraction of sp³-hybridized carbons (Fsp3) is 0.286. The summed E-state index contributed by atoms with van der Waals surface area (Å²) in [4.78, 5) is 4.03. The molecule has 0 saturated heterocycles. The standard InChI is InChI=1S/C7H9NOS2/c1-5(11-10)7-6(9)3-2-4-8-7/h2-5,9-10H,1H3. The molecule has 0 saturated carbocycles. The molecule has 4 heteroatoms. The number of thiol groups is 1. The lowest BCUT2D eigenvalue weighted by Gasteiger charge is -2.07. The van der Waals surface area contributed by atoms with Gasteiger partial charge in [-0.1, -0.05) is 10.8 Å². The second-order valence-electron chi connectivity index (χ2n) is 2.16. The number of nitrogens with zero attached hydrogens (tertiary/aromatic N) is 1. The molecule has 0 radical (unpaired) electrons. The minimum Gasteiger partial charge on any atom is -0.506 e. The Kier molecular flexibility index (Phi) is 3.08. The fourth-order valence-electron chi connectivity index (χ4n) is 0.772. The maximum Gasteiger partial charge on any atom is 0.138 e. The largest absolute Gasteiger partial charge is 0.506 e. The molecule has 0 spiro atoms. The van der Waals surface area contributed by atoms with Gasteiger partial charge < -0.3 is 5.11 Å². The van der Waals surface area contributed by atoms with Gasteiger partial charge in [-0.3, -0.25) is 4.98 Å². The summed E-state index contributed by atoms with van der Waals surface area (Å²) in [6.45, 7) is 1.94. The van der Waals surface area contributed by atoms with E-state index in [0.717, 1.165) is 0 Å². The number of rotatable bonds is 2. The molecule has 11 heavy (non-hydrogen) atoms. The molecule has 0 fully saturated rings. The molecule has 1 N–H and O–H groups in total. The van der Waals surface area contributed by atoms with Crippen molar-refractivity contribution in [2.75, 3.05) is 0 Å². The van der Waals surface area contributed by atoms with Gasteiger partial charge in [0.1, 0.15) is 5.75 Å². The van der Waals surface area contributed by atoms with Gasteiger partial charge in [0.15, 0.2) is 0 Å². The molecule has 2 nitrogen and oxygen atoms in total. The van der Waals surface area contributed by atoms with Crippen LogP contribution in [0.4, 0.5) is 0 Å². The Morgan fingerprint density at radius 2 is 2.45 bits per heavy atom. The molecule has 0 aromatic carbocycles. The Morgan fingerprint density at radius 3 is 3.00 bits per heavy atom. The second-order valence-corrected chi connectivity index (χ2v) is 3.71. The second kappa shape index (κ2) is 3.88. The number of hydrogen-bond acceptors (Lipinski definition) is 4. The van der Waals surface area contributed by atoms with Crippen molar-refractivity contribution < 1.29 is 5.11 Å². The van der Waals surface area contributed by atoms with Crippen LogP contribution >= 0.6 is 22.5 Å². The Balaban J connectivity index is 2.93. The molecule has 1 aromatic rings. The van der Waals surface area contributed by atoms with Crippen molar-refractivity contribution >= 4 is 22.5 Å². The highest BCUT2D eigenvalue weighted by molar-refractivity contribution is 8.68. The van der Waals surface area contributed by atoms with Gasteiger partial charge in [-0.25, -0.2) is 0 Å². The van der Waals surface area contributed by atoms with Gasteiger partial charge in [-0.15, -0.1) is 11.7 Å². The molecular formula is C7H9NOS2. The molecule has 1 rings (SSSR count). The molecule has 0 aliphatic carbocycles.